The summed E-state index contributed by atoms with van der Waals surface area (Å²) in [4.78, 5) is 14.1. The molecule has 2 rings (SSSR count). The van der Waals surface area contributed by atoms with E-state index in [0.717, 1.165) is 5.56 Å². The van der Waals surface area contributed by atoms with E-state index in [1.54, 1.807) is 35.2 Å². The first-order valence-electron chi connectivity index (χ1n) is 7.96. The number of halogens is 1. The van der Waals surface area contributed by atoms with E-state index < -0.39 is 10.0 Å². The lowest BCUT2D eigenvalue weighted by Crippen LogP contribution is -2.30. The predicted molar refractivity (Wildman–Crippen MR) is 101 cm³/mol. The molecule has 0 fully saturated rings. The molecule has 0 radical (unpaired) electrons. The van der Waals surface area contributed by atoms with Crippen LogP contribution in [0.3, 0.4) is 0 Å². The Labute approximate surface area is 153 Å². The number of hydrogen-bond donors (Lipinski definition) is 1. The van der Waals surface area contributed by atoms with Gasteiger partial charge in [-0.1, -0.05) is 23.7 Å². The molecule has 1 N–H and O–H groups in total. The summed E-state index contributed by atoms with van der Waals surface area (Å²) in [6.45, 7) is 6.72. The molecule has 5 nitrogen and oxygen atoms in total. The van der Waals surface area contributed by atoms with E-state index in [-0.39, 0.29) is 10.8 Å². The van der Waals surface area contributed by atoms with Gasteiger partial charge in [0.25, 0.3) is 15.9 Å². The molecule has 2 aromatic rings. The summed E-state index contributed by atoms with van der Waals surface area (Å²) < 4.78 is 27.7. The van der Waals surface area contributed by atoms with E-state index in [1.807, 2.05) is 20.8 Å². The molecule has 2 aromatic carbocycles. The first-order valence-corrected chi connectivity index (χ1v) is 9.83. The lowest BCUT2D eigenvalue weighted by molar-refractivity contribution is 0.0772. The Kier molecular flexibility index (Phi) is 6.08. The SMILES string of the molecule is CCN(CC)C(=O)c1cccc(S(=O)(=O)Nc2ccc(C)c(Cl)c2)c1. The largest absolute Gasteiger partial charge is 0.339 e. The Morgan fingerprint density at radius 2 is 1.80 bits per heavy atom. The van der Waals surface area contributed by atoms with Gasteiger partial charge >= 0.3 is 0 Å². The molecule has 0 aliphatic heterocycles. The summed E-state index contributed by atoms with van der Waals surface area (Å²) in [6.07, 6.45) is 0. The summed E-state index contributed by atoms with van der Waals surface area (Å²) >= 11 is 6.04. The first kappa shape index (κ1) is 19.3. The fourth-order valence-electron chi connectivity index (χ4n) is 2.36. The smallest absolute Gasteiger partial charge is 0.261 e. The van der Waals surface area contributed by atoms with E-state index in [9.17, 15) is 13.2 Å². The molecule has 25 heavy (non-hydrogen) atoms. The fourth-order valence-corrected chi connectivity index (χ4v) is 3.64. The number of aryl methyl sites for hydroxylation is 1. The predicted octanol–water partition coefficient (Wildman–Crippen LogP) is 3.93. The Morgan fingerprint density at radius 3 is 2.40 bits per heavy atom. The van der Waals surface area contributed by atoms with Crippen LogP contribution in [0.25, 0.3) is 0 Å². The van der Waals surface area contributed by atoms with Crippen LogP contribution in [-0.2, 0) is 10.0 Å². The van der Waals surface area contributed by atoms with Crippen LogP contribution in [0.15, 0.2) is 47.4 Å². The number of nitrogens with one attached hydrogen (secondary N) is 1. The molecule has 0 aromatic heterocycles. The number of carbonyl (C=O) groups excluding carboxylic acids is 1. The average Bonchev–Trinajstić information content (AvgIpc) is 2.59. The number of nitrogens with zero attached hydrogens (tertiary/aromatic N) is 1. The molecule has 0 heterocycles. The van der Waals surface area contributed by atoms with Crippen LogP contribution in [-0.4, -0.2) is 32.3 Å². The van der Waals surface area contributed by atoms with Gasteiger partial charge in [0.05, 0.1) is 10.6 Å². The maximum atomic E-state index is 12.6. The zero-order valence-electron chi connectivity index (χ0n) is 14.4. The van der Waals surface area contributed by atoms with Crippen LogP contribution in [0.2, 0.25) is 5.02 Å². The van der Waals surface area contributed by atoms with Crippen molar-refractivity contribution < 1.29 is 13.2 Å². The average molecular weight is 381 g/mol. The van der Waals surface area contributed by atoms with Crippen molar-refractivity contribution in [3.8, 4) is 0 Å². The number of hydrogen-bond acceptors (Lipinski definition) is 3. The molecule has 0 aliphatic carbocycles. The summed E-state index contributed by atoms with van der Waals surface area (Å²) in [5, 5.41) is 0.477. The van der Waals surface area contributed by atoms with Crippen molar-refractivity contribution in [3.63, 3.8) is 0 Å². The molecule has 0 spiro atoms. The minimum Gasteiger partial charge on any atom is -0.339 e. The van der Waals surface area contributed by atoms with Gasteiger partial charge in [-0.25, -0.2) is 8.42 Å². The second-order valence-corrected chi connectivity index (χ2v) is 7.66. The number of benzene rings is 2. The topological polar surface area (TPSA) is 66.5 Å². The van der Waals surface area contributed by atoms with Gasteiger partial charge in [0.15, 0.2) is 0 Å². The van der Waals surface area contributed by atoms with Crippen molar-refractivity contribution in [3.05, 3.63) is 58.6 Å². The second-order valence-electron chi connectivity index (χ2n) is 5.57. The van der Waals surface area contributed by atoms with Crippen LogP contribution in [0.1, 0.15) is 29.8 Å². The molecule has 0 bridgehead atoms. The highest BCUT2D eigenvalue weighted by atomic mass is 35.5. The normalized spacial score (nSPS) is 11.2. The molecule has 0 atom stereocenters. The van der Waals surface area contributed by atoms with E-state index in [0.29, 0.717) is 29.4 Å². The zero-order chi connectivity index (χ0) is 18.6. The Bertz CT molecular complexity index is 878. The van der Waals surface area contributed by atoms with Crippen LogP contribution < -0.4 is 4.72 Å². The van der Waals surface area contributed by atoms with Crippen LogP contribution in [0.5, 0.6) is 0 Å². The van der Waals surface area contributed by atoms with Crippen LogP contribution >= 0.6 is 11.6 Å². The third kappa shape index (κ3) is 4.52. The standard InChI is InChI=1S/C18H21ClN2O3S/c1-4-21(5-2)18(22)14-7-6-8-16(11-14)25(23,24)20-15-10-9-13(3)17(19)12-15/h6-12,20H,4-5H2,1-3H3. The highest BCUT2D eigenvalue weighted by Crippen LogP contribution is 2.23. The second kappa shape index (κ2) is 7.89. The van der Waals surface area contributed by atoms with E-state index in [2.05, 4.69) is 4.72 Å². The first-order chi connectivity index (χ1) is 11.8. The minimum absolute atomic E-state index is 0.0298. The lowest BCUT2D eigenvalue weighted by atomic mass is 10.2. The highest BCUT2D eigenvalue weighted by molar-refractivity contribution is 7.92. The maximum absolute atomic E-state index is 12.6. The van der Waals surface area contributed by atoms with Gasteiger partial charge in [0.1, 0.15) is 0 Å². The van der Waals surface area contributed by atoms with E-state index >= 15 is 0 Å². The fraction of sp³-hybridized carbons (Fsp3) is 0.278. The number of amides is 1. The van der Waals surface area contributed by atoms with Gasteiger partial charge in [-0.3, -0.25) is 9.52 Å². The molecule has 0 unspecified atom stereocenters. The Hall–Kier alpha value is -2.05. The summed E-state index contributed by atoms with van der Waals surface area (Å²) in [7, 11) is -3.82. The van der Waals surface area contributed by atoms with Crippen LogP contribution in [0, 0.1) is 6.92 Å². The molecular weight excluding hydrogens is 360 g/mol. The van der Waals surface area contributed by atoms with Crippen molar-refractivity contribution >= 4 is 33.2 Å². The zero-order valence-corrected chi connectivity index (χ0v) is 16.0. The highest BCUT2D eigenvalue weighted by Gasteiger charge is 2.18. The number of rotatable bonds is 6. The Balaban J connectivity index is 2.32. The monoisotopic (exact) mass is 380 g/mol. The number of carbonyl (C=O) groups is 1. The summed E-state index contributed by atoms with van der Waals surface area (Å²) in [5.74, 6) is -0.194. The molecule has 0 aliphatic rings. The molecule has 1 amide bonds. The van der Waals surface area contributed by atoms with Crippen molar-refractivity contribution in [1.29, 1.82) is 0 Å². The summed E-state index contributed by atoms with van der Waals surface area (Å²) in [6, 6.07) is 11.0. The van der Waals surface area contributed by atoms with Crippen LogP contribution in [0.4, 0.5) is 5.69 Å². The third-order valence-corrected chi connectivity index (χ3v) is 5.65. The number of sulfonamides is 1. The van der Waals surface area contributed by atoms with Crippen molar-refractivity contribution in [2.75, 3.05) is 17.8 Å². The maximum Gasteiger partial charge on any atom is 0.261 e. The molecular formula is C18H21ClN2O3S. The van der Waals surface area contributed by atoms with Gasteiger partial charge in [-0.15, -0.1) is 0 Å². The number of anilines is 1. The van der Waals surface area contributed by atoms with Crippen molar-refractivity contribution in [2.24, 2.45) is 0 Å². The van der Waals surface area contributed by atoms with Crippen molar-refractivity contribution in [1.82, 2.24) is 4.90 Å². The van der Waals surface area contributed by atoms with Gasteiger partial charge in [0.2, 0.25) is 0 Å². The molecule has 7 heteroatoms. The molecule has 0 saturated carbocycles. The van der Waals surface area contributed by atoms with Crippen molar-refractivity contribution in [2.45, 2.75) is 25.7 Å². The van der Waals surface area contributed by atoms with Gasteiger partial charge < -0.3 is 4.90 Å². The van der Waals surface area contributed by atoms with Gasteiger partial charge in [-0.05, 0) is 56.7 Å². The lowest BCUT2D eigenvalue weighted by Gasteiger charge is -2.19. The van der Waals surface area contributed by atoms with Gasteiger partial charge in [-0.2, -0.15) is 0 Å². The quantitative estimate of drug-likeness (QED) is 0.825. The van der Waals surface area contributed by atoms with E-state index in [4.69, 9.17) is 11.6 Å². The van der Waals surface area contributed by atoms with Gasteiger partial charge in [0, 0.05) is 23.7 Å². The Morgan fingerprint density at radius 1 is 1.12 bits per heavy atom. The molecule has 134 valence electrons. The molecule has 0 saturated heterocycles. The minimum atomic E-state index is -3.82. The third-order valence-electron chi connectivity index (χ3n) is 3.87. The van der Waals surface area contributed by atoms with E-state index in [1.165, 1.54) is 12.1 Å². The summed E-state index contributed by atoms with van der Waals surface area (Å²) in [5.41, 5.74) is 1.57.